The van der Waals surface area contributed by atoms with E-state index in [0.29, 0.717) is 11.6 Å². The molecule has 31 heavy (non-hydrogen) atoms. The number of ether oxygens (including phenoxy) is 1. The summed E-state index contributed by atoms with van der Waals surface area (Å²) < 4.78 is 29.1. The van der Waals surface area contributed by atoms with Gasteiger partial charge in [0.25, 0.3) is 5.91 Å². The summed E-state index contributed by atoms with van der Waals surface area (Å²) in [7, 11) is -3.29. The van der Waals surface area contributed by atoms with Crippen molar-refractivity contribution in [2.45, 2.75) is 51.5 Å². The molecule has 0 bridgehead atoms. The molecule has 8 heteroatoms. The molecule has 1 aliphatic carbocycles. The molecule has 1 amide bonds. The van der Waals surface area contributed by atoms with E-state index in [0.717, 1.165) is 30.9 Å². The molecule has 1 heterocycles. The Hall–Kier alpha value is -2.74. The van der Waals surface area contributed by atoms with E-state index in [1.165, 1.54) is 6.20 Å². The number of aromatic nitrogens is 2. The first kappa shape index (κ1) is 22.9. The molecule has 3 rings (SSSR count). The fraction of sp³-hybridized carbons (Fsp3) is 0.435. The van der Waals surface area contributed by atoms with Crippen LogP contribution in [-0.2, 0) is 15.3 Å². The van der Waals surface area contributed by atoms with Gasteiger partial charge in [0.05, 0.1) is 6.04 Å². The Morgan fingerprint density at radius 1 is 1.23 bits per heavy atom. The smallest absolute Gasteiger partial charge is 0.258 e. The van der Waals surface area contributed by atoms with E-state index in [1.54, 1.807) is 18.2 Å². The van der Waals surface area contributed by atoms with Gasteiger partial charge in [0, 0.05) is 23.3 Å². The molecule has 1 unspecified atom stereocenters. The molecule has 1 fully saturated rings. The summed E-state index contributed by atoms with van der Waals surface area (Å²) >= 11 is 0. The summed E-state index contributed by atoms with van der Waals surface area (Å²) in [5.41, 5.74) is -0.120. The Morgan fingerprint density at radius 3 is 2.45 bits per heavy atom. The van der Waals surface area contributed by atoms with Crippen molar-refractivity contribution in [3.05, 3.63) is 59.4 Å². The molecule has 0 saturated heterocycles. The number of amides is 1. The number of benzene rings is 1. The van der Waals surface area contributed by atoms with Gasteiger partial charge < -0.3 is 10.1 Å². The normalized spacial score (nSPS) is 16.0. The van der Waals surface area contributed by atoms with Crippen LogP contribution >= 0.6 is 0 Å². The average Bonchev–Trinajstić information content (AvgIpc) is 2.64. The van der Waals surface area contributed by atoms with Crippen molar-refractivity contribution in [2.75, 3.05) is 6.26 Å². The van der Waals surface area contributed by atoms with Gasteiger partial charge in [-0.25, -0.2) is 13.4 Å². The number of carbonyl (C=O) groups is 1. The lowest BCUT2D eigenvalue weighted by molar-refractivity contribution is 0.0915. The number of para-hydroxylation sites is 1. The highest BCUT2D eigenvalue weighted by Crippen LogP contribution is 2.31. The summed E-state index contributed by atoms with van der Waals surface area (Å²) in [5.74, 6) is 1.09. The maximum absolute atomic E-state index is 13.1. The molecule has 1 aliphatic rings. The predicted molar refractivity (Wildman–Crippen MR) is 120 cm³/mol. The second-order valence-corrected chi connectivity index (χ2v) is 10.9. The zero-order valence-corrected chi connectivity index (χ0v) is 19.1. The van der Waals surface area contributed by atoms with Crippen LogP contribution in [0.25, 0.3) is 0 Å². The van der Waals surface area contributed by atoms with Gasteiger partial charge in [0.2, 0.25) is 5.88 Å². The van der Waals surface area contributed by atoms with Crippen molar-refractivity contribution in [2.24, 2.45) is 5.92 Å². The average molecular weight is 444 g/mol. The van der Waals surface area contributed by atoms with Crippen LogP contribution in [0, 0.1) is 5.92 Å². The topological polar surface area (TPSA) is 98.2 Å². The van der Waals surface area contributed by atoms with E-state index in [9.17, 15) is 13.2 Å². The number of nitrogens with zero attached hydrogens (tertiary/aromatic N) is 2. The van der Waals surface area contributed by atoms with Crippen LogP contribution in [0.2, 0.25) is 0 Å². The van der Waals surface area contributed by atoms with Gasteiger partial charge in [-0.1, -0.05) is 51.5 Å². The Kier molecular flexibility index (Phi) is 6.79. The lowest BCUT2D eigenvalue weighted by atomic mass is 9.79. The highest BCUT2D eigenvalue weighted by atomic mass is 32.2. The monoisotopic (exact) mass is 443 g/mol. The van der Waals surface area contributed by atoms with Crippen LogP contribution in [0.5, 0.6) is 11.6 Å². The Labute approximate surface area is 183 Å². The highest BCUT2D eigenvalue weighted by molar-refractivity contribution is 7.93. The summed E-state index contributed by atoms with van der Waals surface area (Å²) in [6.45, 7) is 5.95. The molecule has 1 aromatic carbocycles. The van der Waals surface area contributed by atoms with Crippen molar-refractivity contribution in [3.8, 4) is 11.6 Å². The van der Waals surface area contributed by atoms with Crippen molar-refractivity contribution >= 4 is 15.7 Å². The van der Waals surface area contributed by atoms with E-state index in [2.05, 4.69) is 15.3 Å². The minimum absolute atomic E-state index is 0.170. The molecule has 0 radical (unpaired) electrons. The Bertz CT molecular complexity index is 1060. The second-order valence-electron chi connectivity index (χ2n) is 8.93. The molecular formula is C23H29N3O4S. The molecule has 0 spiro atoms. The van der Waals surface area contributed by atoms with Gasteiger partial charge >= 0.3 is 0 Å². The summed E-state index contributed by atoms with van der Waals surface area (Å²) in [4.78, 5) is 22.0. The highest BCUT2D eigenvalue weighted by Gasteiger charge is 2.29. The predicted octanol–water partition coefficient (Wildman–Crippen LogP) is 4.02. The number of hydrogen-bond donors (Lipinski definition) is 1. The van der Waals surface area contributed by atoms with Crippen LogP contribution in [0.1, 0.15) is 56.2 Å². The fourth-order valence-electron chi connectivity index (χ4n) is 3.14. The van der Waals surface area contributed by atoms with E-state index in [1.807, 2.05) is 39.0 Å². The standard InChI is InChI=1S/C23H29N3O4S/c1-23(2,3)22-24-15-18(21(26-22)30-17-11-6-5-7-12-17)20(27)25-19(16-9-8-10-16)13-14-31(4,28)29/h5-7,11-16,19H,8-10H2,1-4H3,(H,25,27). The number of nitrogens with one attached hydrogen (secondary N) is 1. The largest absolute Gasteiger partial charge is 0.438 e. The quantitative estimate of drug-likeness (QED) is 0.694. The summed E-state index contributed by atoms with van der Waals surface area (Å²) in [6, 6.07) is 8.73. The maximum Gasteiger partial charge on any atom is 0.258 e. The van der Waals surface area contributed by atoms with Gasteiger partial charge in [-0.2, -0.15) is 4.98 Å². The van der Waals surface area contributed by atoms with Crippen LogP contribution in [0.15, 0.2) is 48.0 Å². The van der Waals surface area contributed by atoms with Crippen molar-refractivity contribution in [1.29, 1.82) is 0 Å². The lowest BCUT2D eigenvalue weighted by Gasteiger charge is -2.32. The molecule has 7 nitrogen and oxygen atoms in total. The van der Waals surface area contributed by atoms with Gasteiger partial charge in [-0.05, 0) is 30.9 Å². The SMILES string of the molecule is CC(C)(C)c1ncc(C(=O)NC(C=CS(C)(=O)=O)C2CCC2)c(Oc2ccccc2)n1. The minimum Gasteiger partial charge on any atom is -0.438 e. The Morgan fingerprint density at radius 2 is 1.90 bits per heavy atom. The van der Waals surface area contributed by atoms with Gasteiger partial charge in [-0.3, -0.25) is 4.79 Å². The zero-order valence-electron chi connectivity index (χ0n) is 18.3. The lowest BCUT2D eigenvalue weighted by Crippen LogP contribution is -2.42. The minimum atomic E-state index is -3.29. The molecule has 1 N–H and O–H groups in total. The zero-order chi connectivity index (χ0) is 22.6. The molecule has 0 aliphatic heterocycles. The molecule has 1 atom stereocenters. The second kappa shape index (κ2) is 9.18. The molecule has 1 aromatic heterocycles. The van der Waals surface area contributed by atoms with Crippen LogP contribution in [0.3, 0.4) is 0 Å². The maximum atomic E-state index is 13.1. The first-order chi connectivity index (χ1) is 14.5. The fourth-order valence-corrected chi connectivity index (χ4v) is 3.59. The number of carbonyl (C=O) groups excluding carboxylic acids is 1. The third-order valence-corrected chi connectivity index (χ3v) is 5.77. The summed E-state index contributed by atoms with van der Waals surface area (Å²) in [6.07, 6.45) is 7.10. The van der Waals surface area contributed by atoms with Crippen molar-refractivity contribution in [3.63, 3.8) is 0 Å². The van der Waals surface area contributed by atoms with Crippen LogP contribution in [0.4, 0.5) is 0 Å². The van der Waals surface area contributed by atoms with E-state index < -0.39 is 15.7 Å². The van der Waals surface area contributed by atoms with Crippen LogP contribution < -0.4 is 10.1 Å². The van der Waals surface area contributed by atoms with Gasteiger partial charge in [0.1, 0.15) is 17.1 Å². The van der Waals surface area contributed by atoms with E-state index >= 15 is 0 Å². The van der Waals surface area contributed by atoms with Crippen LogP contribution in [-0.4, -0.2) is 36.6 Å². The summed E-state index contributed by atoms with van der Waals surface area (Å²) in [5, 5.41) is 4.09. The molecule has 2 aromatic rings. The molecular weight excluding hydrogens is 414 g/mol. The van der Waals surface area contributed by atoms with Crippen molar-refractivity contribution < 1.29 is 17.9 Å². The van der Waals surface area contributed by atoms with Gasteiger partial charge in [-0.15, -0.1) is 0 Å². The van der Waals surface area contributed by atoms with E-state index in [-0.39, 0.29) is 28.8 Å². The Balaban J connectivity index is 1.91. The van der Waals surface area contributed by atoms with Gasteiger partial charge in [0.15, 0.2) is 9.84 Å². The number of rotatable bonds is 7. The number of sulfone groups is 1. The van der Waals surface area contributed by atoms with E-state index in [4.69, 9.17) is 4.74 Å². The number of hydrogen-bond acceptors (Lipinski definition) is 6. The third kappa shape index (κ3) is 6.37. The first-order valence-corrected chi connectivity index (χ1v) is 12.3. The van der Waals surface area contributed by atoms with Crippen molar-refractivity contribution in [1.82, 2.24) is 15.3 Å². The molecule has 1 saturated carbocycles. The third-order valence-electron chi connectivity index (χ3n) is 5.12. The molecule has 166 valence electrons. The first-order valence-electron chi connectivity index (χ1n) is 10.3.